The van der Waals surface area contributed by atoms with Gasteiger partial charge in [-0.3, -0.25) is 28.8 Å². The molecule has 0 saturated carbocycles. The van der Waals surface area contributed by atoms with Crippen molar-refractivity contribution in [3.05, 3.63) is 92.8 Å². The van der Waals surface area contributed by atoms with E-state index in [1.807, 2.05) is 17.0 Å². The number of nitrogens with zero attached hydrogens (tertiary/aromatic N) is 6. The van der Waals surface area contributed by atoms with Gasteiger partial charge in [-0.25, -0.2) is 4.68 Å². The topological polar surface area (TPSA) is 241 Å². The minimum atomic E-state index is -1.23. The molecule has 0 aliphatic carbocycles. The van der Waals surface area contributed by atoms with E-state index in [9.17, 15) is 24.0 Å². The summed E-state index contributed by atoms with van der Waals surface area (Å²) < 4.78 is 48.6. The SMILES string of the molecule is CC(=O)NC1[C@H](OC(C)=O)[C@@H](OC(C)=O)C(COC(C)=O)O[C@@H]1n1cc(CCCOCCOCCOCCC(=O)NCCN2C(=O)c3ccccc3C23c2cc4c5c(c2Oc2c3cc3c6c2CCCN6CCC3)CCCN5CCC4)nn1. The van der Waals surface area contributed by atoms with Gasteiger partial charge in [0, 0.05) is 119 Å². The Hall–Kier alpha value is -7.14. The van der Waals surface area contributed by atoms with Gasteiger partial charge in [0.05, 0.1) is 44.9 Å². The molecule has 1 fully saturated rings. The fraction of sp³-hybridized carbons (Fsp3) is 0.567. The number of esters is 3. The van der Waals surface area contributed by atoms with Crippen molar-refractivity contribution >= 4 is 47.0 Å². The summed E-state index contributed by atoms with van der Waals surface area (Å²) >= 11 is 0. The first kappa shape index (κ1) is 56.7. The molecular formula is C60H74N8O14. The molecule has 1 aromatic heterocycles. The monoisotopic (exact) mass is 1130 g/mol. The number of hydrogen-bond acceptors (Lipinski definition) is 18. The Balaban J connectivity index is 0.655. The Kier molecular flexibility index (Phi) is 17.1. The number of nitrogens with one attached hydrogen (secondary N) is 2. The van der Waals surface area contributed by atoms with Crippen LogP contribution < -0.4 is 25.2 Å². The van der Waals surface area contributed by atoms with Crippen molar-refractivity contribution in [1.29, 1.82) is 0 Å². The van der Waals surface area contributed by atoms with Crippen LogP contribution in [0.2, 0.25) is 0 Å². The van der Waals surface area contributed by atoms with Gasteiger partial charge >= 0.3 is 17.9 Å². The van der Waals surface area contributed by atoms with Crippen LogP contribution in [0.3, 0.4) is 0 Å². The van der Waals surface area contributed by atoms with E-state index in [4.69, 9.17) is 37.9 Å². The van der Waals surface area contributed by atoms with E-state index in [2.05, 4.69) is 55.0 Å². The minimum absolute atomic E-state index is 0.0442. The highest BCUT2D eigenvalue weighted by Crippen LogP contribution is 2.62. The van der Waals surface area contributed by atoms with Crippen molar-refractivity contribution in [3.8, 4) is 11.5 Å². The Bertz CT molecular complexity index is 3010. The molecule has 22 heteroatoms. The zero-order chi connectivity index (χ0) is 57.1. The summed E-state index contributed by atoms with van der Waals surface area (Å²) in [6.45, 7) is 11.1. The molecule has 1 saturated heterocycles. The molecule has 438 valence electrons. The second-order valence-corrected chi connectivity index (χ2v) is 22.2. The number of ether oxygens (including phenoxy) is 8. The zero-order valence-electron chi connectivity index (χ0n) is 47.3. The number of carbonyl (C=O) groups excluding carboxylic acids is 6. The van der Waals surface area contributed by atoms with Crippen LogP contribution >= 0.6 is 0 Å². The van der Waals surface area contributed by atoms with E-state index in [-0.39, 0.29) is 38.0 Å². The largest absolute Gasteiger partial charge is 0.463 e. The molecule has 3 aromatic carbocycles. The molecule has 82 heavy (non-hydrogen) atoms. The molecule has 2 unspecified atom stereocenters. The van der Waals surface area contributed by atoms with Crippen molar-refractivity contribution in [2.75, 3.05) is 95.3 Å². The lowest BCUT2D eigenvalue weighted by Gasteiger charge is -2.49. The lowest BCUT2D eigenvalue weighted by Crippen LogP contribution is -2.64. The van der Waals surface area contributed by atoms with Gasteiger partial charge in [-0.15, -0.1) is 5.10 Å². The molecule has 4 aromatic rings. The Morgan fingerprint density at radius 2 is 1.32 bits per heavy atom. The average Bonchev–Trinajstić information content (AvgIpc) is 1.44. The number of carbonyl (C=O) groups is 6. The molecule has 22 nitrogen and oxygen atoms in total. The van der Waals surface area contributed by atoms with Crippen molar-refractivity contribution in [2.45, 2.75) is 134 Å². The number of aryl methyl sites for hydroxylation is 3. The molecule has 3 amide bonds. The quantitative estimate of drug-likeness (QED) is 0.0623. The molecule has 1 spiro atoms. The van der Waals surface area contributed by atoms with Crippen LogP contribution in [0.4, 0.5) is 11.4 Å². The van der Waals surface area contributed by atoms with E-state index in [0.717, 1.165) is 106 Å². The molecule has 2 N–H and O–H groups in total. The van der Waals surface area contributed by atoms with E-state index in [1.54, 1.807) is 6.20 Å². The number of fused-ring (bicyclic) bond motifs is 8. The highest BCUT2D eigenvalue weighted by atomic mass is 16.6. The zero-order valence-corrected chi connectivity index (χ0v) is 47.3. The van der Waals surface area contributed by atoms with E-state index < -0.39 is 59.9 Å². The smallest absolute Gasteiger partial charge is 0.303 e. The summed E-state index contributed by atoms with van der Waals surface area (Å²) in [5.74, 6) is -0.866. The summed E-state index contributed by atoms with van der Waals surface area (Å²) in [5, 5.41) is 14.3. The predicted molar refractivity (Wildman–Crippen MR) is 296 cm³/mol. The Morgan fingerprint density at radius 1 is 0.720 bits per heavy atom. The maximum Gasteiger partial charge on any atom is 0.303 e. The summed E-state index contributed by atoms with van der Waals surface area (Å²) in [5.41, 5.74) is 11.2. The third-order valence-corrected chi connectivity index (χ3v) is 16.6. The van der Waals surface area contributed by atoms with Gasteiger partial charge in [0.25, 0.3) is 5.91 Å². The number of benzene rings is 3. The number of rotatable bonds is 22. The first-order valence-electron chi connectivity index (χ1n) is 29.1. The molecule has 5 atom stereocenters. The standard InChI is InChI=1S/C60H74N8O14/c1-36(69)62-51-57(80-39(4)72)56(79-38(3)71)49(35-78-37(2)70)81-59(51)68-34-42(63-64-68)14-11-26-75-28-30-77-31-29-76-27-19-50(73)61-20-25-67-58(74)43-15-5-6-18-46(43)60(67)47-32-40-12-7-21-65-23-9-16-44(52(40)65)54(47)82-55-45-17-10-24-66-22-8-13-41(53(45)66)33-48(55)60/h5-6,15,18,32-34,49,51,56-57,59H,7-14,16-17,19-31,35H2,1-4H3,(H,61,73)(H,62,69)/t49?,51?,56-,57-,59-/m0/s1. The van der Waals surface area contributed by atoms with Crippen LogP contribution in [-0.2, 0) is 94.8 Å². The highest BCUT2D eigenvalue weighted by Gasteiger charge is 2.58. The maximum absolute atomic E-state index is 15.1. The van der Waals surface area contributed by atoms with Crippen LogP contribution in [0.25, 0.3) is 0 Å². The minimum Gasteiger partial charge on any atom is -0.463 e. The van der Waals surface area contributed by atoms with Gasteiger partial charge in [-0.05, 0) is 99.1 Å². The molecule has 7 aliphatic rings. The predicted octanol–water partition coefficient (Wildman–Crippen LogP) is 4.55. The van der Waals surface area contributed by atoms with Gasteiger partial charge in [0.2, 0.25) is 11.8 Å². The molecule has 8 heterocycles. The van der Waals surface area contributed by atoms with Crippen molar-refractivity contribution < 1.29 is 66.7 Å². The molecular weight excluding hydrogens is 1060 g/mol. The summed E-state index contributed by atoms with van der Waals surface area (Å²) in [7, 11) is 0. The van der Waals surface area contributed by atoms with E-state index in [0.29, 0.717) is 63.7 Å². The maximum atomic E-state index is 15.1. The average molecular weight is 1130 g/mol. The molecule has 11 rings (SSSR count). The lowest BCUT2D eigenvalue weighted by molar-refractivity contribution is -0.239. The highest BCUT2D eigenvalue weighted by molar-refractivity contribution is 6.03. The summed E-state index contributed by atoms with van der Waals surface area (Å²) in [6.07, 6.45) is 6.30. The second kappa shape index (κ2) is 24.8. The molecule has 0 radical (unpaired) electrons. The fourth-order valence-electron chi connectivity index (χ4n) is 13.5. The van der Waals surface area contributed by atoms with Crippen LogP contribution in [0, 0.1) is 0 Å². The Labute approximate surface area is 476 Å². The van der Waals surface area contributed by atoms with Gasteiger partial charge < -0.3 is 63.2 Å². The third kappa shape index (κ3) is 11.3. The van der Waals surface area contributed by atoms with Crippen LogP contribution in [-0.4, -0.2) is 165 Å². The van der Waals surface area contributed by atoms with Gasteiger partial charge in [-0.1, -0.05) is 23.4 Å². The van der Waals surface area contributed by atoms with Crippen LogP contribution in [0.15, 0.2) is 42.6 Å². The fourth-order valence-corrected chi connectivity index (χ4v) is 13.5. The van der Waals surface area contributed by atoms with Crippen molar-refractivity contribution in [3.63, 3.8) is 0 Å². The van der Waals surface area contributed by atoms with E-state index in [1.165, 1.54) is 66.0 Å². The number of anilines is 2. The Morgan fingerprint density at radius 3 is 1.94 bits per heavy atom. The van der Waals surface area contributed by atoms with Gasteiger partial charge in [0.15, 0.2) is 18.4 Å². The van der Waals surface area contributed by atoms with Gasteiger partial charge in [0.1, 0.15) is 35.8 Å². The molecule has 0 bridgehead atoms. The van der Waals surface area contributed by atoms with Crippen molar-refractivity contribution in [1.82, 2.24) is 30.5 Å². The van der Waals surface area contributed by atoms with Crippen LogP contribution in [0.1, 0.15) is 127 Å². The number of amides is 3. The van der Waals surface area contributed by atoms with Crippen molar-refractivity contribution in [2.24, 2.45) is 0 Å². The summed E-state index contributed by atoms with van der Waals surface area (Å²) in [6, 6.07) is 11.8. The van der Waals surface area contributed by atoms with Gasteiger partial charge in [-0.2, -0.15) is 0 Å². The second-order valence-electron chi connectivity index (χ2n) is 22.2. The lowest BCUT2D eigenvalue weighted by atomic mass is 9.70. The first-order valence-corrected chi connectivity index (χ1v) is 29.1. The van der Waals surface area contributed by atoms with E-state index >= 15 is 4.79 Å². The normalized spacial score (nSPS) is 21.5. The molecule has 7 aliphatic heterocycles. The van der Waals surface area contributed by atoms with Crippen LogP contribution in [0.5, 0.6) is 11.5 Å². The third-order valence-electron chi connectivity index (χ3n) is 16.6. The first-order chi connectivity index (χ1) is 39.8. The number of hydrogen-bond donors (Lipinski definition) is 2. The number of aromatic nitrogens is 3. The summed E-state index contributed by atoms with van der Waals surface area (Å²) in [4.78, 5) is 84.1.